The average molecular weight is 240 g/mol. The summed E-state index contributed by atoms with van der Waals surface area (Å²) < 4.78 is 5.24. The molecule has 0 radical (unpaired) electrons. The molecule has 5 heteroatoms. The van der Waals surface area contributed by atoms with Crippen molar-refractivity contribution >= 4 is 17.7 Å². The summed E-state index contributed by atoms with van der Waals surface area (Å²) in [5.41, 5.74) is 0. The summed E-state index contributed by atoms with van der Waals surface area (Å²) in [4.78, 5) is 11.9. The second-order valence-corrected chi connectivity index (χ2v) is 4.98. The molecule has 4 nitrogen and oxygen atoms in total. The Balaban J connectivity index is 1.86. The van der Waals surface area contributed by atoms with Crippen LogP contribution in [0.4, 0.5) is 0 Å². The Morgan fingerprint density at radius 1 is 1.75 bits per heavy atom. The van der Waals surface area contributed by atoms with Crippen LogP contribution in [0.1, 0.15) is 18.7 Å². The standard InChI is InChI=1S/C11H16N2O2S/c1-8(10-3-2-5-15-10)13-11(14)9-7-16-6-4-12-9/h2-3,5,8-9,12H,4,6-7H2,1H3,(H,13,14)/t8-,9?/m1/s1. The molecule has 1 unspecified atom stereocenters. The van der Waals surface area contributed by atoms with Crippen molar-refractivity contribution in [1.29, 1.82) is 0 Å². The molecule has 1 fully saturated rings. The van der Waals surface area contributed by atoms with Gasteiger partial charge in [0.25, 0.3) is 0 Å². The van der Waals surface area contributed by atoms with Gasteiger partial charge in [0.2, 0.25) is 5.91 Å². The molecule has 1 aliphatic heterocycles. The van der Waals surface area contributed by atoms with Crippen LogP contribution in [-0.2, 0) is 4.79 Å². The first-order valence-electron chi connectivity index (χ1n) is 5.42. The highest BCUT2D eigenvalue weighted by atomic mass is 32.2. The fourth-order valence-electron chi connectivity index (χ4n) is 1.66. The van der Waals surface area contributed by atoms with Crippen molar-refractivity contribution in [1.82, 2.24) is 10.6 Å². The zero-order chi connectivity index (χ0) is 11.4. The van der Waals surface area contributed by atoms with Gasteiger partial charge >= 0.3 is 0 Å². The van der Waals surface area contributed by atoms with Crippen molar-refractivity contribution in [3.05, 3.63) is 24.2 Å². The minimum absolute atomic E-state index is 0.0519. The van der Waals surface area contributed by atoms with E-state index in [-0.39, 0.29) is 18.0 Å². The van der Waals surface area contributed by atoms with E-state index in [0.29, 0.717) is 0 Å². The number of nitrogens with one attached hydrogen (secondary N) is 2. The number of hydrogen-bond acceptors (Lipinski definition) is 4. The van der Waals surface area contributed by atoms with Gasteiger partial charge in [0, 0.05) is 18.1 Å². The van der Waals surface area contributed by atoms with Gasteiger partial charge in [0.15, 0.2) is 0 Å². The Morgan fingerprint density at radius 3 is 3.25 bits per heavy atom. The fraction of sp³-hybridized carbons (Fsp3) is 0.545. The minimum atomic E-state index is -0.0730. The lowest BCUT2D eigenvalue weighted by Crippen LogP contribution is -2.49. The lowest BCUT2D eigenvalue weighted by atomic mass is 10.2. The monoisotopic (exact) mass is 240 g/mol. The maximum Gasteiger partial charge on any atom is 0.238 e. The quantitative estimate of drug-likeness (QED) is 0.832. The molecule has 1 aliphatic rings. The van der Waals surface area contributed by atoms with E-state index in [2.05, 4.69) is 10.6 Å². The molecule has 0 bridgehead atoms. The number of thioether (sulfide) groups is 1. The zero-order valence-corrected chi connectivity index (χ0v) is 10.0. The Kier molecular flexibility index (Phi) is 3.90. The normalized spacial score (nSPS) is 22.7. The first-order chi connectivity index (χ1) is 7.77. The maximum absolute atomic E-state index is 11.9. The van der Waals surface area contributed by atoms with Crippen LogP contribution in [0.15, 0.2) is 22.8 Å². The van der Waals surface area contributed by atoms with Gasteiger partial charge in [0.1, 0.15) is 5.76 Å². The van der Waals surface area contributed by atoms with Gasteiger partial charge in [0.05, 0.1) is 18.3 Å². The van der Waals surface area contributed by atoms with Crippen LogP contribution < -0.4 is 10.6 Å². The molecule has 16 heavy (non-hydrogen) atoms. The van der Waals surface area contributed by atoms with Crippen molar-refractivity contribution in [2.45, 2.75) is 19.0 Å². The number of carbonyl (C=O) groups is 1. The van der Waals surface area contributed by atoms with Crippen LogP contribution in [0.2, 0.25) is 0 Å². The van der Waals surface area contributed by atoms with Crippen molar-refractivity contribution in [2.75, 3.05) is 18.1 Å². The molecule has 0 aliphatic carbocycles. The summed E-state index contributed by atoms with van der Waals surface area (Å²) in [7, 11) is 0. The van der Waals surface area contributed by atoms with Crippen LogP contribution in [0, 0.1) is 0 Å². The third-order valence-corrected chi connectivity index (χ3v) is 3.63. The van der Waals surface area contributed by atoms with Crippen molar-refractivity contribution in [3.8, 4) is 0 Å². The number of carbonyl (C=O) groups excluding carboxylic acids is 1. The molecule has 2 atom stereocenters. The third kappa shape index (κ3) is 2.80. The van der Waals surface area contributed by atoms with Gasteiger partial charge in [-0.1, -0.05) is 0 Å². The Labute approximate surface area is 99.2 Å². The predicted octanol–water partition coefficient (Wildman–Crippen LogP) is 1.16. The van der Waals surface area contributed by atoms with E-state index in [1.165, 1.54) is 0 Å². The van der Waals surface area contributed by atoms with E-state index in [9.17, 15) is 4.79 Å². The second kappa shape index (κ2) is 5.41. The van der Waals surface area contributed by atoms with Gasteiger partial charge in [-0.3, -0.25) is 4.79 Å². The van der Waals surface area contributed by atoms with Crippen molar-refractivity contribution in [3.63, 3.8) is 0 Å². The van der Waals surface area contributed by atoms with Crippen LogP contribution in [-0.4, -0.2) is 30.0 Å². The average Bonchev–Trinajstić information content (AvgIpc) is 2.83. The van der Waals surface area contributed by atoms with Crippen molar-refractivity contribution < 1.29 is 9.21 Å². The highest BCUT2D eigenvalue weighted by Gasteiger charge is 2.22. The lowest BCUT2D eigenvalue weighted by molar-refractivity contribution is -0.123. The molecule has 2 heterocycles. The summed E-state index contributed by atoms with van der Waals surface area (Å²) in [6.07, 6.45) is 1.62. The lowest BCUT2D eigenvalue weighted by Gasteiger charge is -2.23. The minimum Gasteiger partial charge on any atom is -0.467 e. The molecular weight excluding hydrogens is 224 g/mol. The fourth-order valence-corrected chi connectivity index (χ4v) is 2.59. The van der Waals surface area contributed by atoms with Crippen LogP contribution in [0.3, 0.4) is 0 Å². The highest BCUT2D eigenvalue weighted by Crippen LogP contribution is 2.13. The molecule has 2 N–H and O–H groups in total. The molecule has 88 valence electrons. The Hall–Kier alpha value is -0.940. The summed E-state index contributed by atoms with van der Waals surface area (Å²) in [5, 5.41) is 6.15. The number of amides is 1. The van der Waals surface area contributed by atoms with Crippen LogP contribution in [0.25, 0.3) is 0 Å². The summed E-state index contributed by atoms with van der Waals surface area (Å²) >= 11 is 1.81. The zero-order valence-electron chi connectivity index (χ0n) is 9.23. The number of furan rings is 1. The largest absolute Gasteiger partial charge is 0.467 e. The predicted molar refractivity (Wildman–Crippen MR) is 64.4 cm³/mol. The maximum atomic E-state index is 11.9. The van der Waals surface area contributed by atoms with Gasteiger partial charge in [-0.2, -0.15) is 11.8 Å². The van der Waals surface area contributed by atoms with Crippen LogP contribution in [0.5, 0.6) is 0 Å². The van der Waals surface area contributed by atoms with Gasteiger partial charge in [-0.25, -0.2) is 0 Å². The van der Waals surface area contributed by atoms with E-state index < -0.39 is 0 Å². The number of hydrogen-bond donors (Lipinski definition) is 2. The third-order valence-electron chi connectivity index (χ3n) is 2.57. The molecule has 2 rings (SSSR count). The van der Waals surface area contributed by atoms with Gasteiger partial charge < -0.3 is 15.1 Å². The molecule has 0 spiro atoms. The first kappa shape index (κ1) is 11.5. The van der Waals surface area contributed by atoms with E-state index in [1.54, 1.807) is 6.26 Å². The summed E-state index contributed by atoms with van der Waals surface area (Å²) in [5.74, 6) is 2.77. The smallest absolute Gasteiger partial charge is 0.238 e. The van der Waals surface area contributed by atoms with Crippen LogP contribution >= 0.6 is 11.8 Å². The number of rotatable bonds is 3. The molecular formula is C11H16N2O2S. The highest BCUT2D eigenvalue weighted by molar-refractivity contribution is 7.99. The van der Waals surface area contributed by atoms with E-state index >= 15 is 0 Å². The van der Waals surface area contributed by atoms with E-state index in [1.807, 2.05) is 30.8 Å². The molecule has 0 saturated carbocycles. The second-order valence-electron chi connectivity index (χ2n) is 3.83. The van der Waals surface area contributed by atoms with E-state index in [0.717, 1.165) is 23.8 Å². The topological polar surface area (TPSA) is 54.3 Å². The van der Waals surface area contributed by atoms with E-state index in [4.69, 9.17) is 4.42 Å². The summed E-state index contributed by atoms with van der Waals surface area (Å²) in [6, 6.07) is 3.55. The molecule has 1 amide bonds. The Bertz CT molecular complexity index is 334. The summed E-state index contributed by atoms with van der Waals surface area (Å²) in [6.45, 7) is 2.82. The van der Waals surface area contributed by atoms with Crippen molar-refractivity contribution in [2.24, 2.45) is 0 Å². The first-order valence-corrected chi connectivity index (χ1v) is 6.58. The SMILES string of the molecule is C[C@@H](NC(=O)C1CSCCN1)c1ccco1. The molecule has 1 aromatic rings. The molecule has 1 aromatic heterocycles. The Morgan fingerprint density at radius 2 is 2.62 bits per heavy atom. The van der Waals surface area contributed by atoms with Gasteiger partial charge in [-0.05, 0) is 19.1 Å². The molecule has 1 saturated heterocycles. The molecule has 0 aromatic carbocycles. The van der Waals surface area contributed by atoms with Gasteiger partial charge in [-0.15, -0.1) is 0 Å².